The molecule has 0 aliphatic carbocycles. The Bertz CT molecular complexity index is 1370. The fraction of sp³-hybridized carbons (Fsp3) is 0.214. The van der Waals surface area contributed by atoms with E-state index in [2.05, 4.69) is 15.9 Å². The molecule has 8 nitrogen and oxygen atoms in total. The number of anilines is 1. The zero-order valence-electron chi connectivity index (χ0n) is 20.8. The molecule has 9 heteroatoms. The Hall–Kier alpha value is -3.98. The fourth-order valence-corrected chi connectivity index (χ4v) is 4.82. The summed E-state index contributed by atoms with van der Waals surface area (Å²) in [7, 11) is 4.55. The number of amides is 1. The molecular weight excluding hydrogens is 542 g/mol. The molecule has 0 radical (unpaired) electrons. The average Bonchev–Trinajstić information content (AvgIpc) is 3.18. The second-order valence-electron chi connectivity index (χ2n) is 8.06. The highest BCUT2D eigenvalue weighted by Gasteiger charge is 2.47. The number of hydrogen-bond acceptors (Lipinski definition) is 7. The van der Waals surface area contributed by atoms with Crippen LogP contribution in [-0.2, 0) is 9.59 Å². The molecule has 1 unspecified atom stereocenters. The Kier molecular flexibility index (Phi) is 7.73. The molecule has 1 atom stereocenters. The van der Waals surface area contributed by atoms with Crippen LogP contribution >= 0.6 is 15.9 Å². The Morgan fingerprint density at radius 3 is 2.14 bits per heavy atom. The highest BCUT2D eigenvalue weighted by atomic mass is 79.9. The van der Waals surface area contributed by atoms with E-state index in [1.54, 1.807) is 60.7 Å². The number of ketones is 1. The lowest BCUT2D eigenvalue weighted by Gasteiger charge is -2.26. The minimum atomic E-state index is -0.932. The van der Waals surface area contributed by atoms with Gasteiger partial charge in [0.2, 0.25) is 0 Å². The number of hydrogen-bond donors (Lipinski definition) is 1. The van der Waals surface area contributed by atoms with E-state index in [-0.39, 0.29) is 11.3 Å². The molecule has 192 valence electrons. The zero-order valence-corrected chi connectivity index (χ0v) is 22.4. The third kappa shape index (κ3) is 4.86. The van der Waals surface area contributed by atoms with E-state index in [9.17, 15) is 14.7 Å². The number of Topliss-reactive ketones (excluding diaryl/α,β-unsaturated/α-hetero) is 1. The SMILES string of the molecule is CCOc1ccc(N2C(=O)C(=O)/C(=C(\O)c3ccc(OC)c(Br)c3)C2c2ccc(OC)c(OC)c2)cc1. The Labute approximate surface area is 223 Å². The molecule has 1 aliphatic heterocycles. The largest absolute Gasteiger partial charge is 0.507 e. The van der Waals surface area contributed by atoms with Crippen LogP contribution in [0, 0.1) is 0 Å². The summed E-state index contributed by atoms with van der Waals surface area (Å²) in [6.07, 6.45) is 0. The predicted octanol–water partition coefficient (Wildman–Crippen LogP) is 5.50. The van der Waals surface area contributed by atoms with Gasteiger partial charge in [0, 0.05) is 11.3 Å². The van der Waals surface area contributed by atoms with Crippen molar-refractivity contribution >= 4 is 39.1 Å². The number of halogens is 1. The third-order valence-electron chi connectivity index (χ3n) is 6.02. The van der Waals surface area contributed by atoms with Gasteiger partial charge in [-0.05, 0) is 83.0 Å². The minimum Gasteiger partial charge on any atom is -0.507 e. The molecule has 37 heavy (non-hydrogen) atoms. The van der Waals surface area contributed by atoms with Gasteiger partial charge in [0.05, 0.1) is 44.0 Å². The highest BCUT2D eigenvalue weighted by Crippen LogP contribution is 2.44. The van der Waals surface area contributed by atoms with Gasteiger partial charge in [-0.2, -0.15) is 0 Å². The number of benzene rings is 3. The van der Waals surface area contributed by atoms with E-state index in [1.807, 2.05) is 6.92 Å². The Balaban J connectivity index is 1.93. The van der Waals surface area contributed by atoms with Crippen molar-refractivity contribution in [2.45, 2.75) is 13.0 Å². The normalized spacial score (nSPS) is 16.6. The van der Waals surface area contributed by atoms with Gasteiger partial charge in [-0.3, -0.25) is 14.5 Å². The van der Waals surface area contributed by atoms with Crippen molar-refractivity contribution in [1.82, 2.24) is 0 Å². The smallest absolute Gasteiger partial charge is 0.300 e. The summed E-state index contributed by atoms with van der Waals surface area (Å²) in [6.45, 7) is 2.37. The minimum absolute atomic E-state index is 0.0526. The summed E-state index contributed by atoms with van der Waals surface area (Å²) in [5, 5.41) is 11.4. The van der Waals surface area contributed by atoms with Crippen LogP contribution in [0.25, 0.3) is 5.76 Å². The van der Waals surface area contributed by atoms with Gasteiger partial charge in [-0.1, -0.05) is 6.07 Å². The topological polar surface area (TPSA) is 94.5 Å². The Morgan fingerprint density at radius 2 is 1.54 bits per heavy atom. The summed E-state index contributed by atoms with van der Waals surface area (Å²) in [4.78, 5) is 28.2. The van der Waals surface area contributed by atoms with E-state index in [1.165, 1.54) is 26.2 Å². The van der Waals surface area contributed by atoms with Crippen LogP contribution in [0.1, 0.15) is 24.1 Å². The number of carbonyl (C=O) groups is 2. The van der Waals surface area contributed by atoms with Gasteiger partial charge in [-0.15, -0.1) is 0 Å². The molecule has 0 bridgehead atoms. The number of methoxy groups -OCH3 is 3. The molecule has 1 amide bonds. The van der Waals surface area contributed by atoms with E-state index in [0.29, 0.717) is 50.9 Å². The number of rotatable bonds is 8. The average molecular weight is 568 g/mol. The molecule has 0 spiro atoms. The summed E-state index contributed by atoms with van der Waals surface area (Å²) < 4.78 is 22.2. The first kappa shape index (κ1) is 26.1. The first-order valence-electron chi connectivity index (χ1n) is 11.4. The molecule has 0 saturated carbocycles. The predicted molar refractivity (Wildman–Crippen MR) is 143 cm³/mol. The zero-order chi connectivity index (χ0) is 26.7. The van der Waals surface area contributed by atoms with Gasteiger partial charge in [0.15, 0.2) is 11.5 Å². The van der Waals surface area contributed by atoms with Crippen LogP contribution in [0.2, 0.25) is 0 Å². The standard InChI is InChI=1S/C28H26BrNO7/c1-5-37-19-10-8-18(9-11-19)30-25(16-6-13-22(35-3)23(15-16)36-4)24(27(32)28(30)33)26(31)17-7-12-21(34-2)20(29)14-17/h6-15,25,31H,5H2,1-4H3/b26-24-. The van der Waals surface area contributed by atoms with Gasteiger partial charge in [0.25, 0.3) is 11.7 Å². The van der Waals surface area contributed by atoms with Crippen LogP contribution in [0.4, 0.5) is 5.69 Å². The van der Waals surface area contributed by atoms with E-state index in [4.69, 9.17) is 18.9 Å². The maximum Gasteiger partial charge on any atom is 0.300 e. The number of ether oxygens (including phenoxy) is 4. The molecule has 1 heterocycles. The lowest BCUT2D eigenvalue weighted by molar-refractivity contribution is -0.132. The van der Waals surface area contributed by atoms with Crippen LogP contribution in [0.3, 0.4) is 0 Å². The highest BCUT2D eigenvalue weighted by molar-refractivity contribution is 9.10. The second-order valence-corrected chi connectivity index (χ2v) is 8.91. The molecule has 1 N–H and O–H groups in total. The monoisotopic (exact) mass is 567 g/mol. The second kappa shape index (κ2) is 11.0. The fourth-order valence-electron chi connectivity index (χ4n) is 4.28. The van der Waals surface area contributed by atoms with E-state index < -0.39 is 17.7 Å². The summed E-state index contributed by atoms with van der Waals surface area (Å²) >= 11 is 3.41. The molecule has 1 fully saturated rings. The Morgan fingerprint density at radius 1 is 0.892 bits per heavy atom. The number of aliphatic hydroxyl groups excluding tert-OH is 1. The molecule has 0 aromatic heterocycles. The van der Waals surface area contributed by atoms with Crippen molar-refractivity contribution < 1.29 is 33.6 Å². The molecule has 1 aliphatic rings. The van der Waals surface area contributed by atoms with Gasteiger partial charge >= 0.3 is 0 Å². The van der Waals surface area contributed by atoms with E-state index >= 15 is 0 Å². The maximum absolute atomic E-state index is 13.4. The van der Waals surface area contributed by atoms with Crippen LogP contribution in [-0.4, -0.2) is 44.7 Å². The first-order chi connectivity index (χ1) is 17.8. The summed E-state index contributed by atoms with van der Waals surface area (Å²) in [6, 6.07) is 15.9. The first-order valence-corrected chi connectivity index (χ1v) is 12.2. The van der Waals surface area contributed by atoms with Crippen LogP contribution < -0.4 is 23.8 Å². The summed E-state index contributed by atoms with van der Waals surface area (Å²) in [5.41, 5.74) is 1.33. The van der Waals surface area contributed by atoms with Crippen molar-refractivity contribution in [2.75, 3.05) is 32.8 Å². The van der Waals surface area contributed by atoms with Crippen LogP contribution in [0.5, 0.6) is 23.0 Å². The van der Waals surface area contributed by atoms with Gasteiger partial charge < -0.3 is 24.1 Å². The lowest BCUT2D eigenvalue weighted by atomic mass is 9.94. The van der Waals surface area contributed by atoms with Crippen molar-refractivity contribution in [1.29, 1.82) is 0 Å². The number of nitrogens with zero attached hydrogens (tertiary/aromatic N) is 1. The maximum atomic E-state index is 13.4. The van der Waals surface area contributed by atoms with Crippen molar-refractivity contribution in [3.05, 3.63) is 81.8 Å². The molecule has 1 saturated heterocycles. The molecule has 3 aromatic carbocycles. The van der Waals surface area contributed by atoms with E-state index in [0.717, 1.165) is 0 Å². The molecular formula is C28H26BrNO7. The summed E-state index contributed by atoms with van der Waals surface area (Å²) in [5.74, 6) is 0.218. The van der Waals surface area contributed by atoms with Crippen molar-refractivity contribution in [2.24, 2.45) is 0 Å². The van der Waals surface area contributed by atoms with Gasteiger partial charge in [-0.25, -0.2) is 0 Å². The van der Waals surface area contributed by atoms with Gasteiger partial charge in [0.1, 0.15) is 17.3 Å². The molecule has 4 rings (SSSR count). The van der Waals surface area contributed by atoms with Crippen LogP contribution in [0.15, 0.2) is 70.7 Å². The third-order valence-corrected chi connectivity index (χ3v) is 6.64. The van der Waals surface area contributed by atoms with Crippen molar-refractivity contribution in [3.63, 3.8) is 0 Å². The number of carbonyl (C=O) groups excluding carboxylic acids is 2. The number of aliphatic hydroxyl groups is 1. The van der Waals surface area contributed by atoms with Crippen molar-refractivity contribution in [3.8, 4) is 23.0 Å². The quantitative estimate of drug-likeness (QED) is 0.218. The lowest BCUT2D eigenvalue weighted by Crippen LogP contribution is -2.29. The molecule has 3 aromatic rings.